The number of hydrogen-bond donors (Lipinski definition) is 1. The Morgan fingerprint density at radius 1 is 1.11 bits per heavy atom. The number of methoxy groups -OCH3 is 1. The predicted molar refractivity (Wildman–Crippen MR) is 98.7 cm³/mol. The molecule has 1 amide bonds. The number of nitrogens with one attached hydrogen (secondary N) is 1. The predicted octanol–water partition coefficient (Wildman–Crippen LogP) is 2.35. The number of nitrogens with zero attached hydrogens (tertiary/aromatic N) is 3. The summed E-state index contributed by atoms with van der Waals surface area (Å²) in [6.07, 6.45) is 1.21. The second-order valence-electron chi connectivity index (χ2n) is 5.50. The van der Waals surface area contributed by atoms with Crippen LogP contribution in [0.4, 0.5) is 11.4 Å². The molecule has 1 N–H and O–H groups in total. The van der Waals surface area contributed by atoms with Gasteiger partial charge in [0.05, 0.1) is 23.2 Å². The number of hydrogen-bond acceptors (Lipinski definition) is 8. The fourth-order valence-electron chi connectivity index (χ4n) is 2.18. The minimum Gasteiger partial charge on any atom is -0.490 e. The third-order valence-corrected chi connectivity index (χ3v) is 3.47. The number of aryl methyl sites for hydroxylation is 1. The summed E-state index contributed by atoms with van der Waals surface area (Å²) in [6, 6.07) is 8.52. The molecule has 0 radical (unpaired) electrons. The van der Waals surface area contributed by atoms with Crippen LogP contribution in [0.2, 0.25) is 0 Å². The highest BCUT2D eigenvalue weighted by molar-refractivity contribution is 5.84. The summed E-state index contributed by atoms with van der Waals surface area (Å²) < 4.78 is 10.1. The molecule has 0 saturated heterocycles. The van der Waals surface area contributed by atoms with Crippen LogP contribution in [-0.4, -0.2) is 35.7 Å². The molecule has 0 atom stereocenters. The molecule has 0 aromatic heterocycles. The summed E-state index contributed by atoms with van der Waals surface area (Å²) in [5, 5.41) is 25.7. The number of amides is 1. The van der Waals surface area contributed by atoms with Gasteiger partial charge in [-0.2, -0.15) is 5.10 Å². The van der Waals surface area contributed by atoms with Gasteiger partial charge in [-0.05, 0) is 30.7 Å². The van der Waals surface area contributed by atoms with E-state index in [1.807, 2.05) is 0 Å². The molecule has 0 heterocycles. The summed E-state index contributed by atoms with van der Waals surface area (Å²) >= 11 is 0. The minimum absolute atomic E-state index is 0.0412. The number of rotatable bonds is 8. The van der Waals surface area contributed by atoms with Crippen LogP contribution >= 0.6 is 0 Å². The normalized spacial score (nSPS) is 10.5. The van der Waals surface area contributed by atoms with Crippen LogP contribution in [0.3, 0.4) is 0 Å². The first-order valence-electron chi connectivity index (χ1n) is 7.84. The molecular weight excluding hydrogens is 372 g/mol. The summed E-state index contributed by atoms with van der Waals surface area (Å²) in [5.74, 6) is -0.603. The molecule has 0 aliphatic heterocycles. The van der Waals surface area contributed by atoms with Gasteiger partial charge in [0.2, 0.25) is 0 Å². The molecule has 2 aromatic rings. The lowest BCUT2D eigenvalue weighted by Crippen LogP contribution is -2.24. The van der Waals surface area contributed by atoms with E-state index in [0.29, 0.717) is 11.1 Å². The van der Waals surface area contributed by atoms with E-state index in [2.05, 4.69) is 10.5 Å². The fraction of sp³-hybridized carbons (Fsp3) is 0.176. The number of nitro benzene ring substituents is 2. The zero-order chi connectivity index (χ0) is 20.7. The van der Waals surface area contributed by atoms with Crippen LogP contribution in [0.1, 0.15) is 11.1 Å². The Morgan fingerprint density at radius 3 is 2.39 bits per heavy atom. The number of carbonyl (C=O) groups is 1. The van der Waals surface area contributed by atoms with E-state index in [1.54, 1.807) is 13.0 Å². The maximum absolute atomic E-state index is 11.8. The van der Waals surface area contributed by atoms with Gasteiger partial charge in [-0.15, -0.1) is 0 Å². The highest BCUT2D eigenvalue weighted by Crippen LogP contribution is 2.28. The van der Waals surface area contributed by atoms with Gasteiger partial charge in [-0.25, -0.2) is 5.43 Å². The number of ether oxygens (including phenoxy) is 2. The monoisotopic (exact) mass is 388 g/mol. The SMILES string of the molecule is COc1ccc(C=NNC(=O)COc2ccc(C)cc2[N+](=O)[O-])cc1[N+](=O)[O-]. The van der Waals surface area contributed by atoms with E-state index < -0.39 is 22.4 Å². The molecular formula is C17H16N4O7. The first-order valence-corrected chi connectivity index (χ1v) is 7.84. The first kappa shape index (κ1) is 20.3. The quantitative estimate of drug-likeness (QED) is 0.415. The molecule has 28 heavy (non-hydrogen) atoms. The van der Waals surface area contributed by atoms with Crippen molar-refractivity contribution < 1.29 is 24.1 Å². The van der Waals surface area contributed by atoms with Gasteiger partial charge < -0.3 is 9.47 Å². The second-order valence-corrected chi connectivity index (χ2v) is 5.50. The zero-order valence-electron chi connectivity index (χ0n) is 14.9. The highest BCUT2D eigenvalue weighted by atomic mass is 16.6. The molecule has 0 aliphatic carbocycles. The van der Waals surface area contributed by atoms with Crippen LogP contribution in [0.15, 0.2) is 41.5 Å². The Hall–Kier alpha value is -4.02. The van der Waals surface area contributed by atoms with Crippen molar-refractivity contribution >= 4 is 23.5 Å². The van der Waals surface area contributed by atoms with Crippen LogP contribution in [0.25, 0.3) is 0 Å². The molecule has 2 aromatic carbocycles. The van der Waals surface area contributed by atoms with Crippen molar-refractivity contribution in [3.8, 4) is 11.5 Å². The van der Waals surface area contributed by atoms with E-state index in [-0.39, 0.29) is 22.9 Å². The zero-order valence-corrected chi connectivity index (χ0v) is 14.9. The molecule has 2 rings (SSSR count). The third-order valence-electron chi connectivity index (χ3n) is 3.47. The lowest BCUT2D eigenvalue weighted by molar-refractivity contribution is -0.386. The number of hydrazone groups is 1. The fourth-order valence-corrected chi connectivity index (χ4v) is 2.18. The Kier molecular flexibility index (Phi) is 6.58. The third kappa shape index (κ3) is 5.24. The van der Waals surface area contributed by atoms with Gasteiger partial charge in [-0.3, -0.25) is 25.0 Å². The van der Waals surface area contributed by atoms with Crippen molar-refractivity contribution in [1.29, 1.82) is 0 Å². The lowest BCUT2D eigenvalue weighted by Gasteiger charge is -2.06. The molecule has 0 aliphatic rings. The van der Waals surface area contributed by atoms with Gasteiger partial charge in [0.15, 0.2) is 18.1 Å². The van der Waals surface area contributed by atoms with E-state index in [4.69, 9.17) is 9.47 Å². The van der Waals surface area contributed by atoms with Crippen molar-refractivity contribution in [3.63, 3.8) is 0 Å². The van der Waals surface area contributed by atoms with E-state index in [1.165, 1.54) is 43.7 Å². The molecule has 11 heteroatoms. The smallest absolute Gasteiger partial charge is 0.311 e. The minimum atomic E-state index is -0.658. The number of benzene rings is 2. The van der Waals surface area contributed by atoms with Crippen molar-refractivity contribution in [2.45, 2.75) is 6.92 Å². The van der Waals surface area contributed by atoms with Crippen LogP contribution in [0, 0.1) is 27.2 Å². The summed E-state index contributed by atoms with van der Waals surface area (Å²) in [7, 11) is 1.31. The molecule has 146 valence electrons. The summed E-state index contributed by atoms with van der Waals surface area (Å²) in [6.45, 7) is 1.20. The molecule has 0 spiro atoms. The highest BCUT2D eigenvalue weighted by Gasteiger charge is 2.16. The van der Waals surface area contributed by atoms with Gasteiger partial charge in [0, 0.05) is 17.7 Å². The Morgan fingerprint density at radius 2 is 1.75 bits per heavy atom. The van der Waals surface area contributed by atoms with Crippen molar-refractivity contribution in [3.05, 3.63) is 67.8 Å². The molecule has 11 nitrogen and oxygen atoms in total. The largest absolute Gasteiger partial charge is 0.490 e. The lowest BCUT2D eigenvalue weighted by atomic mass is 10.2. The van der Waals surface area contributed by atoms with Crippen LogP contribution < -0.4 is 14.9 Å². The Labute approximate surface area is 158 Å². The Balaban J connectivity index is 1.97. The standard InChI is InChI=1S/C17H16N4O7/c1-11-3-5-16(13(7-11)20(23)24)28-10-17(22)19-18-9-12-4-6-15(27-2)14(8-12)21(25)26/h3-9H,10H2,1-2H3,(H,19,22). The van der Waals surface area contributed by atoms with Crippen LogP contribution in [0.5, 0.6) is 11.5 Å². The van der Waals surface area contributed by atoms with Crippen molar-refractivity contribution in [2.24, 2.45) is 5.10 Å². The van der Waals surface area contributed by atoms with E-state index >= 15 is 0 Å². The summed E-state index contributed by atoms with van der Waals surface area (Å²) in [5.41, 5.74) is 2.73. The van der Waals surface area contributed by atoms with E-state index in [9.17, 15) is 25.0 Å². The van der Waals surface area contributed by atoms with Gasteiger partial charge in [0.25, 0.3) is 5.91 Å². The maximum Gasteiger partial charge on any atom is 0.311 e. The number of nitro groups is 2. The van der Waals surface area contributed by atoms with E-state index in [0.717, 1.165) is 0 Å². The topological polar surface area (TPSA) is 146 Å². The number of carbonyl (C=O) groups excluding carboxylic acids is 1. The van der Waals surface area contributed by atoms with Crippen molar-refractivity contribution in [1.82, 2.24) is 5.43 Å². The second kappa shape index (κ2) is 9.07. The molecule has 0 bridgehead atoms. The molecule has 0 fully saturated rings. The van der Waals surface area contributed by atoms with Crippen LogP contribution in [-0.2, 0) is 4.79 Å². The molecule has 0 saturated carbocycles. The Bertz CT molecular complexity index is 943. The van der Waals surface area contributed by atoms with Crippen molar-refractivity contribution in [2.75, 3.05) is 13.7 Å². The average molecular weight is 388 g/mol. The molecule has 0 unspecified atom stereocenters. The summed E-state index contributed by atoms with van der Waals surface area (Å²) in [4.78, 5) is 32.6. The van der Waals surface area contributed by atoms with Gasteiger partial charge in [-0.1, -0.05) is 6.07 Å². The maximum atomic E-state index is 11.8. The first-order chi connectivity index (χ1) is 13.3. The van der Waals surface area contributed by atoms with Gasteiger partial charge in [0.1, 0.15) is 0 Å². The average Bonchev–Trinajstić information content (AvgIpc) is 2.66. The van der Waals surface area contributed by atoms with Gasteiger partial charge >= 0.3 is 11.4 Å².